The highest BCUT2D eigenvalue weighted by molar-refractivity contribution is 7.10. The largest absolute Gasteiger partial charge is 0.495 e. The smallest absolute Gasteiger partial charge is 0.162 e. The van der Waals surface area contributed by atoms with Crippen LogP contribution < -0.4 is 14.2 Å². The third-order valence-electron chi connectivity index (χ3n) is 3.08. The molecule has 6 heteroatoms. The van der Waals surface area contributed by atoms with Crippen molar-refractivity contribution < 1.29 is 19.3 Å². The Labute approximate surface area is 125 Å². The number of aliphatic hydroxyl groups excluding tert-OH is 1. The Morgan fingerprint density at radius 3 is 2.70 bits per heavy atom. The Morgan fingerprint density at radius 1 is 1.30 bits per heavy atom. The van der Waals surface area contributed by atoms with Crippen LogP contribution in [0, 0.1) is 0 Å². The SMILES string of the molecule is COc1ccsc1C(O)c1cc2c(cc1Cl)OCCO2. The first kappa shape index (κ1) is 13.5. The van der Waals surface area contributed by atoms with Crippen molar-refractivity contribution in [3.63, 3.8) is 0 Å². The molecular weight excluding hydrogens is 300 g/mol. The van der Waals surface area contributed by atoms with Crippen molar-refractivity contribution in [2.24, 2.45) is 0 Å². The summed E-state index contributed by atoms with van der Waals surface area (Å²) in [6.45, 7) is 0.996. The minimum atomic E-state index is -0.853. The van der Waals surface area contributed by atoms with Crippen LogP contribution in [0.3, 0.4) is 0 Å². The summed E-state index contributed by atoms with van der Waals surface area (Å²) < 4.78 is 16.2. The van der Waals surface area contributed by atoms with Gasteiger partial charge in [-0.05, 0) is 17.5 Å². The third-order valence-corrected chi connectivity index (χ3v) is 4.36. The van der Waals surface area contributed by atoms with Gasteiger partial charge >= 0.3 is 0 Å². The molecule has 0 spiro atoms. The van der Waals surface area contributed by atoms with Gasteiger partial charge in [0, 0.05) is 11.6 Å². The van der Waals surface area contributed by atoms with Crippen LogP contribution in [0.4, 0.5) is 0 Å². The molecule has 2 aromatic rings. The quantitative estimate of drug-likeness (QED) is 0.945. The van der Waals surface area contributed by atoms with E-state index in [2.05, 4.69) is 0 Å². The molecule has 1 N–H and O–H groups in total. The first-order valence-electron chi connectivity index (χ1n) is 6.09. The van der Waals surface area contributed by atoms with E-state index in [-0.39, 0.29) is 0 Å². The third kappa shape index (κ3) is 2.32. The topological polar surface area (TPSA) is 47.9 Å². The van der Waals surface area contributed by atoms with Gasteiger partial charge in [-0.3, -0.25) is 0 Å². The van der Waals surface area contributed by atoms with E-state index in [9.17, 15) is 5.11 Å². The predicted octanol–water partition coefficient (Wildman–Crippen LogP) is 3.26. The average Bonchev–Trinajstić information content (AvgIpc) is 2.94. The maximum Gasteiger partial charge on any atom is 0.162 e. The number of benzene rings is 1. The van der Waals surface area contributed by atoms with Gasteiger partial charge in [0.25, 0.3) is 0 Å². The molecule has 1 aromatic heterocycles. The van der Waals surface area contributed by atoms with Crippen molar-refractivity contribution in [3.8, 4) is 17.2 Å². The first-order valence-corrected chi connectivity index (χ1v) is 7.35. The van der Waals surface area contributed by atoms with Crippen molar-refractivity contribution in [2.45, 2.75) is 6.10 Å². The fourth-order valence-electron chi connectivity index (χ4n) is 2.11. The minimum Gasteiger partial charge on any atom is -0.495 e. The van der Waals surface area contributed by atoms with Crippen LogP contribution in [0.25, 0.3) is 0 Å². The van der Waals surface area contributed by atoms with Crippen molar-refractivity contribution in [1.82, 2.24) is 0 Å². The summed E-state index contributed by atoms with van der Waals surface area (Å²) in [5, 5.41) is 12.8. The van der Waals surface area contributed by atoms with Gasteiger partial charge in [0.15, 0.2) is 11.5 Å². The maximum atomic E-state index is 10.5. The second-order valence-corrected chi connectivity index (χ2v) is 5.63. The van der Waals surface area contributed by atoms with Crippen LogP contribution in [0.5, 0.6) is 17.2 Å². The van der Waals surface area contributed by atoms with Gasteiger partial charge in [-0.1, -0.05) is 11.6 Å². The number of thiophene rings is 1. The lowest BCUT2D eigenvalue weighted by Crippen LogP contribution is -2.16. The summed E-state index contributed by atoms with van der Waals surface area (Å²) in [4.78, 5) is 0.714. The van der Waals surface area contributed by atoms with E-state index in [4.69, 9.17) is 25.8 Å². The minimum absolute atomic E-state index is 0.442. The molecule has 106 valence electrons. The molecular formula is C14H13ClO4S. The molecule has 1 unspecified atom stereocenters. The van der Waals surface area contributed by atoms with Gasteiger partial charge in [-0.15, -0.1) is 11.3 Å². The monoisotopic (exact) mass is 312 g/mol. The summed E-state index contributed by atoms with van der Waals surface area (Å²) in [5.41, 5.74) is 0.580. The van der Waals surface area contributed by atoms with Gasteiger partial charge < -0.3 is 19.3 Å². The molecule has 0 saturated carbocycles. The summed E-state index contributed by atoms with van der Waals surface area (Å²) in [7, 11) is 1.57. The molecule has 3 rings (SSSR count). The number of halogens is 1. The van der Waals surface area contributed by atoms with Gasteiger partial charge in [0.1, 0.15) is 25.1 Å². The van der Waals surface area contributed by atoms with Gasteiger partial charge in [-0.2, -0.15) is 0 Å². The summed E-state index contributed by atoms with van der Waals surface area (Å²) in [6.07, 6.45) is -0.853. The number of fused-ring (bicyclic) bond motifs is 1. The van der Waals surface area contributed by atoms with Crippen LogP contribution in [0.1, 0.15) is 16.5 Å². The highest BCUT2D eigenvalue weighted by Crippen LogP contribution is 2.42. The molecule has 0 saturated heterocycles. The van der Waals surface area contributed by atoms with Crippen molar-refractivity contribution >= 4 is 22.9 Å². The van der Waals surface area contributed by atoms with E-state index >= 15 is 0 Å². The van der Waals surface area contributed by atoms with Gasteiger partial charge in [0.2, 0.25) is 0 Å². The number of methoxy groups -OCH3 is 1. The van der Waals surface area contributed by atoms with Crippen LogP contribution in [0.2, 0.25) is 5.02 Å². The standard InChI is InChI=1S/C14H13ClO4S/c1-17-10-2-5-20-14(10)13(16)8-6-11-12(7-9(8)15)19-4-3-18-11/h2,5-7,13,16H,3-4H2,1H3. The molecule has 1 atom stereocenters. The molecule has 0 amide bonds. The number of rotatable bonds is 3. The molecule has 0 radical (unpaired) electrons. The molecule has 1 aliphatic rings. The maximum absolute atomic E-state index is 10.5. The normalized spacial score (nSPS) is 14.9. The van der Waals surface area contributed by atoms with E-state index in [1.54, 1.807) is 19.2 Å². The number of hydrogen-bond donors (Lipinski definition) is 1. The summed E-state index contributed by atoms with van der Waals surface area (Å²) in [6, 6.07) is 5.21. The predicted molar refractivity (Wildman–Crippen MR) is 77.4 cm³/mol. The molecule has 0 bridgehead atoms. The zero-order valence-corrected chi connectivity index (χ0v) is 12.3. The Bertz CT molecular complexity index is 626. The van der Waals surface area contributed by atoms with E-state index in [1.165, 1.54) is 11.3 Å². The lowest BCUT2D eigenvalue weighted by Gasteiger charge is -2.21. The van der Waals surface area contributed by atoms with E-state index in [0.29, 0.717) is 45.9 Å². The molecule has 2 heterocycles. The van der Waals surface area contributed by atoms with Gasteiger partial charge in [0.05, 0.1) is 17.0 Å². The lowest BCUT2D eigenvalue weighted by molar-refractivity contribution is 0.169. The fourth-order valence-corrected chi connectivity index (χ4v) is 3.23. The van der Waals surface area contributed by atoms with E-state index in [0.717, 1.165) is 0 Å². The Morgan fingerprint density at radius 2 is 2.00 bits per heavy atom. The molecule has 1 aliphatic heterocycles. The summed E-state index contributed by atoms with van der Waals surface area (Å²) >= 11 is 7.65. The molecule has 20 heavy (non-hydrogen) atoms. The van der Waals surface area contributed by atoms with Crippen molar-refractivity contribution in [1.29, 1.82) is 0 Å². The summed E-state index contributed by atoms with van der Waals surface area (Å²) in [5.74, 6) is 1.86. The van der Waals surface area contributed by atoms with Crippen molar-refractivity contribution in [3.05, 3.63) is 39.0 Å². The first-order chi connectivity index (χ1) is 9.70. The van der Waals surface area contributed by atoms with E-state index in [1.807, 2.05) is 11.4 Å². The Hall–Kier alpha value is -1.43. The Balaban J connectivity index is 2.01. The second-order valence-electron chi connectivity index (χ2n) is 4.27. The van der Waals surface area contributed by atoms with Gasteiger partial charge in [-0.25, -0.2) is 0 Å². The second kappa shape index (κ2) is 5.52. The average molecular weight is 313 g/mol. The van der Waals surface area contributed by atoms with Crippen LogP contribution in [-0.2, 0) is 0 Å². The number of ether oxygens (including phenoxy) is 3. The van der Waals surface area contributed by atoms with Crippen LogP contribution in [-0.4, -0.2) is 25.4 Å². The number of aliphatic hydroxyl groups is 1. The van der Waals surface area contributed by atoms with E-state index < -0.39 is 6.10 Å². The van der Waals surface area contributed by atoms with Crippen molar-refractivity contribution in [2.75, 3.05) is 20.3 Å². The van der Waals surface area contributed by atoms with Crippen LogP contribution >= 0.6 is 22.9 Å². The highest BCUT2D eigenvalue weighted by atomic mass is 35.5. The lowest BCUT2D eigenvalue weighted by atomic mass is 10.1. The molecule has 1 aromatic carbocycles. The number of hydrogen-bond acceptors (Lipinski definition) is 5. The van der Waals surface area contributed by atoms with Crippen LogP contribution in [0.15, 0.2) is 23.6 Å². The molecule has 0 aliphatic carbocycles. The molecule has 0 fully saturated rings. The molecule has 4 nitrogen and oxygen atoms in total. The fraction of sp³-hybridized carbons (Fsp3) is 0.286. The Kier molecular flexibility index (Phi) is 3.74. The zero-order valence-electron chi connectivity index (χ0n) is 10.8. The zero-order chi connectivity index (χ0) is 14.1. The highest BCUT2D eigenvalue weighted by Gasteiger charge is 2.23.